The monoisotopic (exact) mass is 284 g/mol. The third-order valence-corrected chi connectivity index (χ3v) is 5.28. The van der Waals surface area contributed by atoms with Crippen LogP contribution < -0.4 is 0 Å². The van der Waals surface area contributed by atoms with Gasteiger partial charge < -0.3 is 9.84 Å². The van der Waals surface area contributed by atoms with Gasteiger partial charge in [-0.3, -0.25) is 0 Å². The van der Waals surface area contributed by atoms with Crippen LogP contribution in [-0.2, 0) is 11.3 Å². The van der Waals surface area contributed by atoms with Crippen molar-refractivity contribution in [2.75, 3.05) is 13.2 Å². The standard InChI is InChI=1S/C12H20N4O2S/c17-7-6-16-11(13-14-15-16)19-10-3-8-18-12(9-10)4-1-2-5-12/h10,17H,1-9H2. The lowest BCUT2D eigenvalue weighted by Gasteiger charge is -2.37. The highest BCUT2D eigenvalue weighted by Gasteiger charge is 2.40. The summed E-state index contributed by atoms with van der Waals surface area (Å²) in [6.45, 7) is 1.37. The van der Waals surface area contributed by atoms with E-state index >= 15 is 0 Å². The van der Waals surface area contributed by atoms with Gasteiger partial charge >= 0.3 is 0 Å². The fourth-order valence-corrected chi connectivity index (χ4v) is 4.35. The molecule has 1 atom stereocenters. The molecule has 0 aromatic carbocycles. The zero-order valence-electron chi connectivity index (χ0n) is 11.0. The van der Waals surface area contributed by atoms with E-state index in [2.05, 4.69) is 15.5 Å². The minimum absolute atomic E-state index is 0.0658. The van der Waals surface area contributed by atoms with Crippen LogP contribution in [0, 0.1) is 0 Å². The molecule has 0 amide bonds. The van der Waals surface area contributed by atoms with E-state index < -0.39 is 0 Å². The van der Waals surface area contributed by atoms with Gasteiger partial charge in [-0.2, -0.15) is 0 Å². The SMILES string of the molecule is OCCn1nnnc1SC1CCOC2(CCCC2)C1. The lowest BCUT2D eigenvalue weighted by atomic mass is 9.92. The van der Waals surface area contributed by atoms with Gasteiger partial charge in [0.25, 0.3) is 0 Å². The Labute approximate surface area is 116 Å². The van der Waals surface area contributed by atoms with Gasteiger partial charge in [-0.15, -0.1) is 5.10 Å². The van der Waals surface area contributed by atoms with E-state index in [1.807, 2.05) is 0 Å². The Morgan fingerprint density at radius 2 is 2.26 bits per heavy atom. The van der Waals surface area contributed by atoms with E-state index in [4.69, 9.17) is 9.84 Å². The van der Waals surface area contributed by atoms with Crippen molar-refractivity contribution in [3.8, 4) is 0 Å². The van der Waals surface area contributed by atoms with Gasteiger partial charge in [0.1, 0.15) is 0 Å². The number of aromatic nitrogens is 4. The maximum absolute atomic E-state index is 8.99. The Bertz CT molecular complexity index is 420. The summed E-state index contributed by atoms with van der Waals surface area (Å²) in [5, 5.41) is 22.0. The van der Waals surface area contributed by atoms with Crippen LogP contribution in [0.2, 0.25) is 0 Å². The average Bonchev–Trinajstić information content (AvgIpc) is 3.01. The van der Waals surface area contributed by atoms with E-state index in [-0.39, 0.29) is 12.2 Å². The smallest absolute Gasteiger partial charge is 0.209 e. The van der Waals surface area contributed by atoms with Crippen molar-refractivity contribution >= 4 is 11.8 Å². The lowest BCUT2D eigenvalue weighted by molar-refractivity contribution is -0.0704. The van der Waals surface area contributed by atoms with Crippen molar-refractivity contribution in [2.24, 2.45) is 0 Å². The van der Waals surface area contributed by atoms with E-state index in [0.717, 1.165) is 24.6 Å². The number of rotatable bonds is 4. The molecule has 3 rings (SSSR count). The summed E-state index contributed by atoms with van der Waals surface area (Å²) in [5.74, 6) is 0. The number of thioether (sulfide) groups is 1. The number of aliphatic hydroxyl groups is 1. The quantitative estimate of drug-likeness (QED) is 0.897. The van der Waals surface area contributed by atoms with Crippen molar-refractivity contribution in [3.63, 3.8) is 0 Å². The van der Waals surface area contributed by atoms with Crippen LogP contribution in [0.3, 0.4) is 0 Å². The second kappa shape index (κ2) is 5.76. The van der Waals surface area contributed by atoms with Crippen LogP contribution in [-0.4, -0.2) is 49.4 Å². The predicted octanol–water partition coefficient (Wildman–Crippen LogP) is 1.25. The average molecular weight is 284 g/mol. The summed E-state index contributed by atoms with van der Waals surface area (Å²) >= 11 is 1.73. The summed E-state index contributed by atoms with van der Waals surface area (Å²) < 4.78 is 7.72. The van der Waals surface area contributed by atoms with Gasteiger partial charge in [0, 0.05) is 11.9 Å². The number of tetrazole rings is 1. The highest BCUT2D eigenvalue weighted by atomic mass is 32.2. The third kappa shape index (κ3) is 2.93. The molecule has 1 aromatic rings. The van der Waals surface area contributed by atoms with Crippen LogP contribution in [0.25, 0.3) is 0 Å². The summed E-state index contributed by atoms with van der Waals surface area (Å²) in [5.41, 5.74) is 0.130. The Morgan fingerprint density at radius 3 is 3.05 bits per heavy atom. The lowest BCUT2D eigenvalue weighted by Crippen LogP contribution is -2.38. The molecule has 1 unspecified atom stereocenters. The zero-order valence-corrected chi connectivity index (χ0v) is 11.8. The first-order valence-electron chi connectivity index (χ1n) is 6.99. The second-order valence-corrected chi connectivity index (χ2v) is 6.65. The Balaban J connectivity index is 1.64. The van der Waals surface area contributed by atoms with Gasteiger partial charge in [0.15, 0.2) is 0 Å². The van der Waals surface area contributed by atoms with Gasteiger partial charge in [-0.05, 0) is 36.1 Å². The molecule has 2 fully saturated rings. The fourth-order valence-electron chi connectivity index (χ4n) is 3.12. The molecule has 1 spiro atoms. The molecule has 19 heavy (non-hydrogen) atoms. The van der Waals surface area contributed by atoms with Crippen LogP contribution in [0.1, 0.15) is 38.5 Å². The number of hydrogen-bond donors (Lipinski definition) is 1. The number of aliphatic hydroxyl groups excluding tert-OH is 1. The van der Waals surface area contributed by atoms with E-state index in [1.165, 1.54) is 25.7 Å². The maximum atomic E-state index is 8.99. The molecule has 1 aromatic heterocycles. The van der Waals surface area contributed by atoms with Crippen LogP contribution >= 0.6 is 11.8 Å². The number of nitrogens with zero attached hydrogens (tertiary/aromatic N) is 4. The van der Waals surface area contributed by atoms with Gasteiger partial charge in [-0.25, -0.2) is 4.68 Å². The Hall–Kier alpha value is -0.660. The molecule has 1 aliphatic heterocycles. The summed E-state index contributed by atoms with van der Waals surface area (Å²) in [4.78, 5) is 0. The second-order valence-electron chi connectivity index (χ2n) is 5.38. The van der Waals surface area contributed by atoms with E-state index in [9.17, 15) is 0 Å². The molecule has 1 saturated heterocycles. The summed E-state index contributed by atoms with van der Waals surface area (Å²) in [6.07, 6.45) is 7.14. The first-order chi connectivity index (χ1) is 9.31. The normalized spacial score (nSPS) is 26.1. The highest BCUT2D eigenvalue weighted by molar-refractivity contribution is 7.99. The Kier molecular flexibility index (Phi) is 4.04. The minimum atomic E-state index is 0.0658. The fraction of sp³-hybridized carbons (Fsp3) is 0.917. The molecule has 1 aliphatic carbocycles. The molecule has 106 valence electrons. The number of hydrogen-bond acceptors (Lipinski definition) is 6. The number of ether oxygens (including phenoxy) is 1. The summed E-state index contributed by atoms with van der Waals surface area (Å²) in [6, 6.07) is 0. The minimum Gasteiger partial charge on any atom is -0.394 e. The molecule has 0 radical (unpaired) electrons. The van der Waals surface area contributed by atoms with Crippen LogP contribution in [0.15, 0.2) is 5.16 Å². The topological polar surface area (TPSA) is 73.1 Å². The molecule has 2 aliphatic rings. The van der Waals surface area contributed by atoms with E-state index in [0.29, 0.717) is 11.8 Å². The van der Waals surface area contributed by atoms with Crippen molar-refractivity contribution in [1.29, 1.82) is 0 Å². The molecule has 1 N–H and O–H groups in total. The molecule has 1 saturated carbocycles. The molecule has 7 heteroatoms. The van der Waals surface area contributed by atoms with Crippen molar-refractivity contribution in [2.45, 2.75) is 61.1 Å². The van der Waals surface area contributed by atoms with E-state index in [1.54, 1.807) is 16.4 Å². The summed E-state index contributed by atoms with van der Waals surface area (Å²) in [7, 11) is 0. The zero-order chi connectivity index (χ0) is 13.1. The van der Waals surface area contributed by atoms with Crippen molar-refractivity contribution in [3.05, 3.63) is 0 Å². The first kappa shape index (κ1) is 13.3. The van der Waals surface area contributed by atoms with Gasteiger partial charge in [0.05, 0.1) is 18.8 Å². The Morgan fingerprint density at radius 1 is 1.42 bits per heavy atom. The first-order valence-corrected chi connectivity index (χ1v) is 7.87. The van der Waals surface area contributed by atoms with Gasteiger partial charge in [-0.1, -0.05) is 24.6 Å². The maximum Gasteiger partial charge on any atom is 0.209 e. The molecule has 2 heterocycles. The van der Waals surface area contributed by atoms with Gasteiger partial charge in [0.2, 0.25) is 5.16 Å². The largest absolute Gasteiger partial charge is 0.394 e. The molecular formula is C12H20N4O2S. The predicted molar refractivity (Wildman–Crippen MR) is 70.9 cm³/mol. The van der Waals surface area contributed by atoms with Crippen LogP contribution in [0.5, 0.6) is 0 Å². The van der Waals surface area contributed by atoms with Crippen molar-refractivity contribution < 1.29 is 9.84 Å². The molecule has 0 bridgehead atoms. The molecule has 6 nitrogen and oxygen atoms in total. The van der Waals surface area contributed by atoms with Crippen molar-refractivity contribution in [1.82, 2.24) is 20.2 Å². The molecular weight excluding hydrogens is 264 g/mol. The van der Waals surface area contributed by atoms with Crippen LogP contribution in [0.4, 0.5) is 0 Å². The third-order valence-electron chi connectivity index (χ3n) is 4.05. The highest BCUT2D eigenvalue weighted by Crippen LogP contribution is 2.43.